The highest BCUT2D eigenvalue weighted by atomic mass is 16.3. The van der Waals surface area contributed by atoms with Crippen LogP contribution in [-0.2, 0) is 0 Å². The number of H-pyrrole nitrogens is 1. The molecule has 1 fully saturated rings. The SMILES string of the molecule is Cc1cc(Nc2nc(/C=C/c3ccccc3)nc(N3CCNCC3)c2N=O)[nH]n1. The zero-order chi connectivity index (χ0) is 20.1. The molecular weight excluding hydrogens is 368 g/mol. The van der Waals surface area contributed by atoms with E-state index in [1.807, 2.05) is 55.5 Å². The van der Waals surface area contributed by atoms with Crippen LogP contribution in [0.25, 0.3) is 12.2 Å². The van der Waals surface area contributed by atoms with Crippen molar-refractivity contribution in [1.29, 1.82) is 0 Å². The molecule has 0 aliphatic carbocycles. The topological polar surface area (TPSA) is 111 Å². The van der Waals surface area contributed by atoms with Gasteiger partial charge in [0, 0.05) is 32.2 Å². The Morgan fingerprint density at radius 2 is 1.93 bits per heavy atom. The lowest BCUT2D eigenvalue weighted by atomic mass is 10.2. The van der Waals surface area contributed by atoms with E-state index >= 15 is 0 Å². The number of hydrogen-bond acceptors (Lipinski definition) is 8. The van der Waals surface area contributed by atoms with Crippen LogP contribution in [0.15, 0.2) is 41.6 Å². The van der Waals surface area contributed by atoms with Crippen molar-refractivity contribution in [3.8, 4) is 0 Å². The van der Waals surface area contributed by atoms with E-state index in [0.717, 1.165) is 37.4 Å². The molecule has 3 N–H and O–H groups in total. The number of aryl methyl sites for hydroxylation is 1. The Kier molecular flexibility index (Phi) is 5.57. The van der Waals surface area contributed by atoms with Crippen molar-refractivity contribution in [2.24, 2.45) is 5.18 Å². The van der Waals surface area contributed by atoms with E-state index in [-0.39, 0.29) is 5.69 Å². The molecule has 9 nitrogen and oxygen atoms in total. The van der Waals surface area contributed by atoms with E-state index in [1.165, 1.54) is 0 Å². The monoisotopic (exact) mass is 390 g/mol. The second-order valence-corrected chi connectivity index (χ2v) is 6.72. The number of nitrogens with one attached hydrogen (secondary N) is 3. The number of nitroso groups, excluding NO2 is 1. The van der Waals surface area contributed by atoms with Gasteiger partial charge in [-0.2, -0.15) is 5.10 Å². The van der Waals surface area contributed by atoms with Gasteiger partial charge < -0.3 is 15.5 Å². The summed E-state index contributed by atoms with van der Waals surface area (Å²) < 4.78 is 0. The van der Waals surface area contributed by atoms with Crippen molar-refractivity contribution in [3.63, 3.8) is 0 Å². The average Bonchev–Trinajstić information content (AvgIpc) is 3.18. The summed E-state index contributed by atoms with van der Waals surface area (Å²) in [7, 11) is 0. The summed E-state index contributed by atoms with van der Waals surface area (Å²) in [6.07, 6.45) is 3.77. The number of nitrogens with zero attached hydrogens (tertiary/aromatic N) is 5. The second kappa shape index (κ2) is 8.61. The van der Waals surface area contributed by atoms with Crippen LogP contribution in [0.3, 0.4) is 0 Å². The zero-order valence-corrected chi connectivity index (χ0v) is 16.1. The maximum Gasteiger partial charge on any atom is 0.193 e. The smallest absolute Gasteiger partial charge is 0.193 e. The number of piperazine rings is 1. The van der Waals surface area contributed by atoms with Crippen LogP contribution in [0.2, 0.25) is 0 Å². The Morgan fingerprint density at radius 1 is 1.14 bits per heavy atom. The van der Waals surface area contributed by atoms with E-state index in [2.05, 4.69) is 40.9 Å². The van der Waals surface area contributed by atoms with Gasteiger partial charge in [0.2, 0.25) is 0 Å². The Hall–Kier alpha value is -3.59. The molecule has 1 aliphatic heterocycles. The molecule has 0 unspecified atom stereocenters. The lowest BCUT2D eigenvalue weighted by molar-refractivity contribution is 0.585. The number of benzene rings is 1. The summed E-state index contributed by atoms with van der Waals surface area (Å²) >= 11 is 0. The molecule has 0 radical (unpaired) electrons. The first-order chi connectivity index (χ1) is 14.2. The summed E-state index contributed by atoms with van der Waals surface area (Å²) in [5, 5.41) is 16.7. The average molecular weight is 390 g/mol. The van der Waals surface area contributed by atoms with Gasteiger partial charge in [0.15, 0.2) is 23.1 Å². The van der Waals surface area contributed by atoms with E-state index in [9.17, 15) is 4.91 Å². The van der Waals surface area contributed by atoms with Gasteiger partial charge in [-0.1, -0.05) is 36.4 Å². The number of aromatic amines is 1. The number of hydrogen-bond donors (Lipinski definition) is 3. The van der Waals surface area contributed by atoms with Gasteiger partial charge in [0.05, 0.1) is 5.69 Å². The fourth-order valence-corrected chi connectivity index (χ4v) is 3.15. The fraction of sp³-hybridized carbons (Fsp3) is 0.250. The largest absolute Gasteiger partial charge is 0.352 e. The van der Waals surface area contributed by atoms with Gasteiger partial charge in [-0.25, -0.2) is 9.97 Å². The molecule has 1 aliphatic rings. The van der Waals surface area contributed by atoms with Crippen molar-refractivity contribution in [1.82, 2.24) is 25.5 Å². The van der Waals surface area contributed by atoms with Crippen molar-refractivity contribution >= 4 is 35.3 Å². The van der Waals surface area contributed by atoms with Crippen molar-refractivity contribution in [3.05, 3.63) is 58.4 Å². The minimum Gasteiger partial charge on any atom is -0.352 e. The summed E-state index contributed by atoms with van der Waals surface area (Å²) in [5.41, 5.74) is 2.06. The van der Waals surface area contributed by atoms with Gasteiger partial charge in [0.25, 0.3) is 0 Å². The Morgan fingerprint density at radius 3 is 2.62 bits per heavy atom. The summed E-state index contributed by atoms with van der Waals surface area (Å²) in [4.78, 5) is 22.9. The van der Waals surface area contributed by atoms with Crippen molar-refractivity contribution < 1.29 is 0 Å². The number of anilines is 3. The fourth-order valence-electron chi connectivity index (χ4n) is 3.15. The van der Waals surface area contributed by atoms with Crippen LogP contribution < -0.4 is 15.5 Å². The van der Waals surface area contributed by atoms with E-state index < -0.39 is 0 Å². The minimum absolute atomic E-state index is 0.191. The van der Waals surface area contributed by atoms with Crippen molar-refractivity contribution in [2.45, 2.75) is 6.92 Å². The molecule has 3 aromatic rings. The van der Waals surface area contributed by atoms with Gasteiger partial charge in [0.1, 0.15) is 5.82 Å². The molecule has 2 aromatic heterocycles. The van der Waals surface area contributed by atoms with Gasteiger partial charge in [-0.05, 0) is 23.7 Å². The lowest BCUT2D eigenvalue weighted by Gasteiger charge is -2.29. The lowest BCUT2D eigenvalue weighted by Crippen LogP contribution is -2.44. The first-order valence-corrected chi connectivity index (χ1v) is 9.46. The predicted molar refractivity (Wildman–Crippen MR) is 115 cm³/mol. The molecule has 29 heavy (non-hydrogen) atoms. The predicted octanol–water partition coefficient (Wildman–Crippen LogP) is 3.23. The maximum atomic E-state index is 11.7. The van der Waals surface area contributed by atoms with Crippen molar-refractivity contribution in [2.75, 3.05) is 36.4 Å². The Bertz CT molecular complexity index is 1010. The maximum absolute atomic E-state index is 11.7. The van der Waals surface area contributed by atoms with Crippen LogP contribution in [-0.4, -0.2) is 46.3 Å². The Labute approximate surface area is 168 Å². The summed E-state index contributed by atoms with van der Waals surface area (Å²) in [6, 6.07) is 11.7. The number of aromatic nitrogens is 4. The molecule has 0 saturated carbocycles. The minimum atomic E-state index is 0.191. The van der Waals surface area contributed by atoms with Crippen LogP contribution in [0.4, 0.5) is 23.1 Å². The highest BCUT2D eigenvalue weighted by Gasteiger charge is 2.22. The van der Waals surface area contributed by atoms with Gasteiger partial charge in [-0.15, -0.1) is 4.91 Å². The molecule has 0 bridgehead atoms. The van der Waals surface area contributed by atoms with E-state index in [0.29, 0.717) is 23.3 Å². The highest BCUT2D eigenvalue weighted by Crippen LogP contribution is 2.35. The standard InChI is InChI=1S/C20H22N8O/c1-14-13-17(26-25-14)23-19-18(27-29)20(28-11-9-21-10-12-28)24-16(22-19)8-7-15-5-3-2-4-6-15/h2-8,13,21H,9-12H2,1H3,(H2,22,23,24,25,26)/b8-7+. The molecular formula is C20H22N8O. The first kappa shape index (κ1) is 18.8. The molecule has 1 saturated heterocycles. The third-order valence-electron chi connectivity index (χ3n) is 4.57. The van der Waals surface area contributed by atoms with Crippen LogP contribution in [0.1, 0.15) is 17.1 Å². The zero-order valence-electron chi connectivity index (χ0n) is 16.1. The summed E-state index contributed by atoms with van der Waals surface area (Å²) in [6.45, 7) is 4.99. The van der Waals surface area contributed by atoms with Gasteiger partial charge in [-0.3, -0.25) is 5.10 Å². The molecule has 9 heteroatoms. The molecule has 4 rings (SSSR count). The second-order valence-electron chi connectivity index (χ2n) is 6.72. The highest BCUT2D eigenvalue weighted by molar-refractivity contribution is 5.79. The van der Waals surface area contributed by atoms with Crippen LogP contribution in [0, 0.1) is 11.8 Å². The van der Waals surface area contributed by atoms with E-state index in [1.54, 1.807) is 0 Å². The van der Waals surface area contributed by atoms with Crippen LogP contribution >= 0.6 is 0 Å². The molecule has 0 atom stereocenters. The molecule has 1 aromatic carbocycles. The Balaban J connectivity index is 1.74. The third-order valence-corrected chi connectivity index (χ3v) is 4.57. The molecule has 0 amide bonds. The molecule has 3 heterocycles. The normalized spacial score (nSPS) is 14.3. The quantitative estimate of drug-likeness (QED) is 0.554. The third kappa shape index (κ3) is 4.46. The first-order valence-electron chi connectivity index (χ1n) is 9.46. The van der Waals surface area contributed by atoms with E-state index in [4.69, 9.17) is 0 Å². The molecule has 0 spiro atoms. The summed E-state index contributed by atoms with van der Waals surface area (Å²) in [5.74, 6) is 2.01. The number of rotatable bonds is 6. The van der Waals surface area contributed by atoms with Gasteiger partial charge >= 0.3 is 0 Å². The molecule has 148 valence electrons. The van der Waals surface area contributed by atoms with Crippen LogP contribution in [0.5, 0.6) is 0 Å².